The number of rotatable bonds is 5. The normalized spacial score (nSPS) is 25.2. The number of carbonyl (C=O) groups is 1. The molecular weight excluding hydrogens is 226 g/mol. The number of sulfone groups is 1. The van der Waals surface area contributed by atoms with Crippen molar-refractivity contribution in [3.05, 3.63) is 12.2 Å². The van der Waals surface area contributed by atoms with E-state index in [2.05, 4.69) is 0 Å². The molecule has 1 aliphatic carbocycles. The van der Waals surface area contributed by atoms with Crippen LogP contribution in [0.1, 0.15) is 26.7 Å². The molecule has 0 spiro atoms. The molecule has 0 aromatic heterocycles. The van der Waals surface area contributed by atoms with Gasteiger partial charge in [0.25, 0.3) is 0 Å². The van der Waals surface area contributed by atoms with Crippen molar-refractivity contribution >= 4 is 15.6 Å². The highest BCUT2D eigenvalue weighted by atomic mass is 32.2. The standard InChI is InChI=1S/C11H19NO3S/c1-8(2)16(14,15)6-5-11(13)9-3-4-10(12)7-9/h3-4,8-10H,5-7,12H2,1-2H3. The Morgan fingerprint density at radius 2 is 2.06 bits per heavy atom. The van der Waals surface area contributed by atoms with E-state index in [1.807, 2.05) is 0 Å². The highest BCUT2D eigenvalue weighted by Crippen LogP contribution is 2.19. The Kier molecular flexibility index (Phi) is 4.27. The van der Waals surface area contributed by atoms with Crippen LogP contribution in [-0.4, -0.2) is 31.2 Å². The highest BCUT2D eigenvalue weighted by Gasteiger charge is 2.25. The van der Waals surface area contributed by atoms with Gasteiger partial charge in [-0.3, -0.25) is 4.79 Å². The van der Waals surface area contributed by atoms with Crippen molar-refractivity contribution in [1.82, 2.24) is 0 Å². The Labute approximate surface area is 96.8 Å². The summed E-state index contributed by atoms with van der Waals surface area (Å²) in [7, 11) is -3.11. The molecule has 0 bridgehead atoms. The minimum Gasteiger partial charge on any atom is -0.324 e. The van der Waals surface area contributed by atoms with E-state index in [-0.39, 0.29) is 29.9 Å². The van der Waals surface area contributed by atoms with Crippen molar-refractivity contribution in [2.45, 2.75) is 38.0 Å². The lowest BCUT2D eigenvalue weighted by atomic mass is 10.0. The summed E-state index contributed by atoms with van der Waals surface area (Å²) in [6.07, 6.45) is 4.30. The van der Waals surface area contributed by atoms with Crippen LogP contribution in [0.15, 0.2) is 12.2 Å². The molecule has 0 saturated carbocycles. The average Bonchev–Trinajstić information content (AvgIpc) is 2.61. The molecule has 1 rings (SSSR count). The quantitative estimate of drug-likeness (QED) is 0.722. The number of carbonyl (C=O) groups excluding carboxylic acids is 1. The molecule has 0 amide bonds. The molecule has 16 heavy (non-hydrogen) atoms. The minimum absolute atomic E-state index is 0.0200. The number of allylic oxidation sites excluding steroid dienone is 1. The van der Waals surface area contributed by atoms with Crippen LogP contribution in [-0.2, 0) is 14.6 Å². The van der Waals surface area contributed by atoms with Gasteiger partial charge in [-0.1, -0.05) is 12.2 Å². The Bertz CT molecular complexity index is 384. The Morgan fingerprint density at radius 1 is 1.44 bits per heavy atom. The third kappa shape index (κ3) is 3.42. The fourth-order valence-corrected chi connectivity index (χ4v) is 2.59. The van der Waals surface area contributed by atoms with Crippen molar-refractivity contribution < 1.29 is 13.2 Å². The van der Waals surface area contributed by atoms with Crippen LogP contribution >= 0.6 is 0 Å². The van der Waals surface area contributed by atoms with E-state index in [1.54, 1.807) is 26.0 Å². The van der Waals surface area contributed by atoms with Gasteiger partial charge in [0.05, 0.1) is 11.0 Å². The maximum Gasteiger partial charge on any atom is 0.153 e. The molecule has 92 valence electrons. The first-order chi connectivity index (χ1) is 7.33. The molecule has 4 nitrogen and oxygen atoms in total. The summed E-state index contributed by atoms with van der Waals surface area (Å²) >= 11 is 0. The highest BCUT2D eigenvalue weighted by molar-refractivity contribution is 7.91. The molecule has 0 heterocycles. The molecule has 2 N–H and O–H groups in total. The second-order valence-electron chi connectivity index (χ2n) is 4.52. The van der Waals surface area contributed by atoms with Gasteiger partial charge in [-0.05, 0) is 20.3 Å². The largest absolute Gasteiger partial charge is 0.324 e. The van der Waals surface area contributed by atoms with E-state index in [1.165, 1.54) is 0 Å². The zero-order valence-electron chi connectivity index (χ0n) is 9.72. The van der Waals surface area contributed by atoms with Crippen LogP contribution < -0.4 is 5.73 Å². The first kappa shape index (κ1) is 13.4. The summed E-state index contributed by atoms with van der Waals surface area (Å²) in [6.45, 7) is 3.26. The summed E-state index contributed by atoms with van der Waals surface area (Å²) in [5, 5.41) is -0.415. The molecule has 2 atom stereocenters. The molecule has 0 saturated heterocycles. The van der Waals surface area contributed by atoms with Gasteiger partial charge in [0.2, 0.25) is 0 Å². The molecule has 2 unspecified atom stereocenters. The third-order valence-electron chi connectivity index (χ3n) is 2.88. The zero-order valence-corrected chi connectivity index (χ0v) is 10.5. The SMILES string of the molecule is CC(C)S(=O)(=O)CCC(=O)C1C=CC(N)C1. The summed E-state index contributed by atoms with van der Waals surface area (Å²) in [5.41, 5.74) is 5.64. The van der Waals surface area contributed by atoms with Gasteiger partial charge in [-0.15, -0.1) is 0 Å². The monoisotopic (exact) mass is 245 g/mol. The van der Waals surface area contributed by atoms with Gasteiger partial charge in [0.1, 0.15) is 5.78 Å². The fraction of sp³-hybridized carbons (Fsp3) is 0.727. The second kappa shape index (κ2) is 5.10. The molecular formula is C11H19NO3S. The first-order valence-corrected chi connectivity index (χ1v) is 7.22. The summed E-state index contributed by atoms with van der Waals surface area (Å²) < 4.78 is 23.0. The van der Waals surface area contributed by atoms with Crippen molar-refractivity contribution in [1.29, 1.82) is 0 Å². The molecule has 5 heteroatoms. The van der Waals surface area contributed by atoms with E-state index < -0.39 is 15.1 Å². The van der Waals surface area contributed by atoms with Gasteiger partial charge in [-0.25, -0.2) is 8.42 Å². The van der Waals surface area contributed by atoms with E-state index in [0.717, 1.165) is 0 Å². The zero-order chi connectivity index (χ0) is 12.3. The van der Waals surface area contributed by atoms with Crippen molar-refractivity contribution in [3.63, 3.8) is 0 Å². The van der Waals surface area contributed by atoms with Crippen LogP contribution in [0.25, 0.3) is 0 Å². The van der Waals surface area contributed by atoms with Gasteiger partial charge < -0.3 is 5.73 Å². The predicted octanol–water partition coefficient (Wildman–Crippen LogP) is 0.672. The number of Topliss-reactive ketones (excluding diaryl/α,β-unsaturated/α-hetero) is 1. The van der Waals surface area contributed by atoms with E-state index in [0.29, 0.717) is 6.42 Å². The Hall–Kier alpha value is -0.680. The fourth-order valence-electron chi connectivity index (χ4n) is 1.63. The lowest BCUT2D eigenvalue weighted by molar-refractivity contribution is -0.121. The van der Waals surface area contributed by atoms with Crippen LogP contribution in [0.3, 0.4) is 0 Å². The maximum absolute atomic E-state index is 11.7. The Balaban J connectivity index is 2.45. The second-order valence-corrected chi connectivity index (χ2v) is 7.20. The minimum atomic E-state index is -3.11. The maximum atomic E-state index is 11.7. The molecule has 0 aromatic rings. The number of hydrogen-bond donors (Lipinski definition) is 1. The van der Waals surface area contributed by atoms with Crippen LogP contribution in [0.5, 0.6) is 0 Å². The molecule has 0 aromatic carbocycles. The van der Waals surface area contributed by atoms with E-state index in [9.17, 15) is 13.2 Å². The summed E-state index contributed by atoms with van der Waals surface area (Å²) in [4.78, 5) is 11.7. The van der Waals surface area contributed by atoms with E-state index in [4.69, 9.17) is 5.73 Å². The summed E-state index contributed by atoms with van der Waals surface area (Å²) in [6, 6.07) is -0.0596. The number of hydrogen-bond acceptors (Lipinski definition) is 4. The van der Waals surface area contributed by atoms with Gasteiger partial charge in [-0.2, -0.15) is 0 Å². The van der Waals surface area contributed by atoms with Crippen LogP contribution in [0, 0.1) is 5.92 Å². The smallest absolute Gasteiger partial charge is 0.153 e. The third-order valence-corrected chi connectivity index (χ3v) is 5.09. The molecule has 0 aliphatic heterocycles. The molecule has 0 fully saturated rings. The number of ketones is 1. The topological polar surface area (TPSA) is 77.2 Å². The lowest BCUT2D eigenvalue weighted by Gasteiger charge is -2.10. The van der Waals surface area contributed by atoms with Crippen molar-refractivity contribution in [3.8, 4) is 0 Å². The summed E-state index contributed by atoms with van der Waals surface area (Å²) in [5.74, 6) is -0.255. The Morgan fingerprint density at radius 3 is 2.50 bits per heavy atom. The average molecular weight is 245 g/mol. The van der Waals surface area contributed by atoms with Crippen LogP contribution in [0.4, 0.5) is 0 Å². The predicted molar refractivity (Wildman–Crippen MR) is 63.8 cm³/mol. The van der Waals surface area contributed by atoms with Gasteiger partial charge >= 0.3 is 0 Å². The van der Waals surface area contributed by atoms with Gasteiger partial charge in [0, 0.05) is 18.4 Å². The van der Waals surface area contributed by atoms with Gasteiger partial charge in [0.15, 0.2) is 9.84 Å². The lowest BCUT2D eigenvalue weighted by Crippen LogP contribution is -2.23. The van der Waals surface area contributed by atoms with Crippen molar-refractivity contribution in [2.24, 2.45) is 11.7 Å². The van der Waals surface area contributed by atoms with Crippen molar-refractivity contribution in [2.75, 3.05) is 5.75 Å². The molecule has 0 radical (unpaired) electrons. The first-order valence-electron chi connectivity index (χ1n) is 5.51. The number of nitrogens with two attached hydrogens (primary N) is 1. The van der Waals surface area contributed by atoms with E-state index >= 15 is 0 Å². The molecule has 1 aliphatic rings. The van der Waals surface area contributed by atoms with Crippen LogP contribution in [0.2, 0.25) is 0 Å².